The molecule has 48 heavy (non-hydrogen) atoms. The molecule has 5 heterocycles. The maximum Gasteiger partial charge on any atom is 2.00 e. The van der Waals surface area contributed by atoms with Gasteiger partial charge in [0.1, 0.15) is 11.1 Å². The van der Waals surface area contributed by atoms with Crippen LogP contribution in [0.25, 0.3) is 39.3 Å². The largest absolute Gasteiger partial charge is 2.00 e. The summed E-state index contributed by atoms with van der Waals surface area (Å²) in [6.45, 7) is 16.3. The van der Waals surface area contributed by atoms with Crippen LogP contribution in [0.15, 0.2) is 24.8 Å². The van der Waals surface area contributed by atoms with Crippen molar-refractivity contribution in [3.05, 3.63) is 75.4 Å². The van der Waals surface area contributed by atoms with E-state index in [0.717, 1.165) is 73.4 Å². The predicted molar refractivity (Wildman–Crippen MR) is 182 cm³/mol. The summed E-state index contributed by atoms with van der Waals surface area (Å²) in [7, 11) is 1.30. The molecule has 246 valence electrons. The van der Waals surface area contributed by atoms with Crippen LogP contribution in [0.2, 0.25) is 0 Å². The first kappa shape index (κ1) is 36.8. The van der Waals surface area contributed by atoms with Crippen LogP contribution in [0, 0.1) is 13.8 Å². The van der Waals surface area contributed by atoms with Crippen molar-refractivity contribution in [3.8, 4) is 0 Å². The number of fused-ring (bicyclic) bond motifs is 8. The van der Waals surface area contributed by atoms with Gasteiger partial charge in [-0.1, -0.05) is 49.3 Å². The molecular formula is C37H41MgN4O6+. The molecule has 3 N–H and O–H groups in total. The van der Waals surface area contributed by atoms with Crippen LogP contribution in [-0.4, -0.2) is 60.0 Å². The number of rotatable bonds is 7. The van der Waals surface area contributed by atoms with E-state index in [0.29, 0.717) is 29.9 Å². The van der Waals surface area contributed by atoms with Crippen LogP contribution in [-0.2, 0) is 30.3 Å². The number of nitrogens with zero attached hydrogens (tertiary/aromatic N) is 2. The van der Waals surface area contributed by atoms with E-state index in [1.54, 1.807) is 6.92 Å². The Bertz CT molecular complexity index is 2040. The number of ether oxygens (including phenoxy) is 2. The zero-order valence-corrected chi connectivity index (χ0v) is 30.1. The number of aromatic amines is 2. The summed E-state index contributed by atoms with van der Waals surface area (Å²) in [5.74, 6) is -2.65. The van der Waals surface area contributed by atoms with Crippen LogP contribution in [0.5, 0.6) is 0 Å². The van der Waals surface area contributed by atoms with E-state index >= 15 is 0 Å². The zero-order chi connectivity index (χ0) is 33.0. The average molecular weight is 662 g/mol. The third-order valence-corrected chi connectivity index (χ3v) is 9.89. The second kappa shape index (κ2) is 14.2. The van der Waals surface area contributed by atoms with E-state index in [1.807, 2.05) is 38.1 Å². The fourth-order valence-electron chi connectivity index (χ4n) is 7.34. The number of aromatic nitrogens is 4. The minimum Gasteiger partial charge on any atom is -0.870 e. The molecule has 0 spiro atoms. The van der Waals surface area contributed by atoms with Gasteiger partial charge in [0.15, 0.2) is 23.1 Å². The van der Waals surface area contributed by atoms with Crippen molar-refractivity contribution >= 4 is 80.1 Å². The Hall–Kier alpha value is -4.06. The number of Topliss-reactive ketones (excluding diaryl/α,β-unsaturated/α-hetero) is 1. The summed E-state index contributed by atoms with van der Waals surface area (Å²) in [6, 6.07) is 6.04. The minimum atomic E-state index is -1.14. The van der Waals surface area contributed by atoms with Crippen molar-refractivity contribution < 1.29 is 39.3 Å². The van der Waals surface area contributed by atoms with E-state index in [-0.39, 0.29) is 58.5 Å². The summed E-state index contributed by atoms with van der Waals surface area (Å²) < 4.78 is 10.5. The Morgan fingerprint density at radius 3 is 2.33 bits per heavy atom. The van der Waals surface area contributed by atoms with Gasteiger partial charge in [-0.15, -0.1) is 22.1 Å². The van der Waals surface area contributed by atoms with Crippen molar-refractivity contribution in [2.75, 3.05) is 13.7 Å². The van der Waals surface area contributed by atoms with Gasteiger partial charge >= 0.3 is 35.0 Å². The molecular weight excluding hydrogens is 621 g/mol. The molecule has 0 saturated heterocycles. The van der Waals surface area contributed by atoms with Crippen molar-refractivity contribution in [1.29, 1.82) is 0 Å². The fraction of sp³-hybridized carbons (Fsp3) is 0.378. The summed E-state index contributed by atoms with van der Waals surface area (Å²) in [4.78, 5) is 57.2. The van der Waals surface area contributed by atoms with E-state index < -0.39 is 11.9 Å². The molecule has 2 aliphatic heterocycles. The van der Waals surface area contributed by atoms with Crippen molar-refractivity contribution in [3.63, 3.8) is 0 Å². The monoisotopic (exact) mass is 661 g/mol. The van der Waals surface area contributed by atoms with Crippen molar-refractivity contribution in [1.82, 2.24) is 9.97 Å². The number of hydrogen-bond acceptors (Lipinski definition) is 6. The molecule has 0 saturated carbocycles. The molecule has 0 amide bonds. The van der Waals surface area contributed by atoms with E-state index in [2.05, 4.69) is 37.3 Å². The van der Waals surface area contributed by atoms with Gasteiger partial charge in [0.05, 0.1) is 25.6 Å². The molecule has 10 nitrogen and oxygen atoms in total. The quantitative estimate of drug-likeness (QED) is 0.201. The Balaban J connectivity index is 0.00000260. The standard InChI is InChI=1S/C37H39N4O5.Mg.H2O/c1-9-21-17(4)24-14-26-19(6)23(12-13-30(42)46-11-3)34(40-26)32-33(37(44)45-8)36(43)31-20(7)27(41-35(31)32)16-29-22(10-2)18(5)25(39-29)15-28(21)38-24;;/h9,14-16,19,23,33H,1,10-13H2,2-8H3,(H-,38,39,40,41,43);;1H2/q-1;+2;. The van der Waals surface area contributed by atoms with E-state index in [9.17, 15) is 14.4 Å². The van der Waals surface area contributed by atoms with Crippen molar-refractivity contribution in [2.24, 2.45) is 0 Å². The number of ketones is 1. The Morgan fingerprint density at radius 1 is 1.00 bits per heavy atom. The molecule has 0 fully saturated rings. The number of hydrogen-bond donors (Lipinski definition) is 0. The Kier molecular flexibility index (Phi) is 10.9. The SMILES string of the molecule is C=Cc1c(C)c2cc3[nH+]c(c4c5[nH+]c(cc6[n-]c(cc1[n-]2)c(C)c6CC)C(C)=C5C(=O)C4C(=O)OC)C(CCC(=O)OCC)C3C.[Mg+2].[OH-]. The number of aryl methyl sites for hydroxylation is 3. The van der Waals surface area contributed by atoms with Crippen LogP contribution < -0.4 is 19.9 Å². The normalized spacial score (nSPS) is 17.9. The summed E-state index contributed by atoms with van der Waals surface area (Å²) in [6.07, 6.45) is 3.26. The predicted octanol–water partition coefficient (Wildman–Crippen LogP) is 4.68. The summed E-state index contributed by atoms with van der Waals surface area (Å²) >= 11 is 0. The smallest absolute Gasteiger partial charge is 0.870 e. The molecule has 3 aromatic rings. The number of carbonyl (C=O) groups excluding carboxylic acids is 3. The third kappa shape index (κ3) is 5.81. The van der Waals surface area contributed by atoms with E-state index in [1.165, 1.54) is 7.11 Å². The molecule has 3 unspecified atom stereocenters. The average Bonchev–Trinajstić information content (AvgIpc) is 3.77. The second-order valence-electron chi connectivity index (χ2n) is 12.3. The van der Waals surface area contributed by atoms with Gasteiger partial charge in [0.25, 0.3) is 0 Å². The molecule has 0 radical (unpaired) electrons. The first-order valence-corrected chi connectivity index (χ1v) is 15.9. The summed E-state index contributed by atoms with van der Waals surface area (Å²) in [5, 5.41) is 0. The number of esters is 2. The van der Waals surface area contributed by atoms with Crippen molar-refractivity contribution in [2.45, 2.75) is 78.6 Å². The van der Waals surface area contributed by atoms with Crippen LogP contribution >= 0.6 is 0 Å². The number of methoxy groups -OCH3 is 1. The van der Waals surface area contributed by atoms with Gasteiger partial charge in [0, 0.05) is 12.0 Å². The number of carbonyl (C=O) groups is 3. The first-order valence-electron chi connectivity index (χ1n) is 15.9. The number of nitrogens with one attached hydrogen (secondary N) is 2. The molecule has 8 bridgehead atoms. The molecule has 3 aromatic heterocycles. The summed E-state index contributed by atoms with van der Waals surface area (Å²) in [5.41, 5.74) is 12.1. The van der Waals surface area contributed by atoms with Gasteiger partial charge in [-0.2, -0.15) is 0 Å². The Labute approximate surface area is 295 Å². The van der Waals surface area contributed by atoms with Gasteiger partial charge in [-0.05, 0) is 58.2 Å². The van der Waals surface area contributed by atoms with Gasteiger partial charge in [-0.3, -0.25) is 14.4 Å². The third-order valence-electron chi connectivity index (χ3n) is 9.89. The number of H-pyrrole nitrogens is 2. The zero-order valence-electron chi connectivity index (χ0n) is 28.7. The molecule has 0 aromatic carbocycles. The molecule has 3 atom stereocenters. The maximum atomic E-state index is 14.1. The van der Waals surface area contributed by atoms with Crippen LogP contribution in [0.3, 0.4) is 0 Å². The first-order chi connectivity index (χ1) is 22.0. The fourth-order valence-corrected chi connectivity index (χ4v) is 7.34. The second-order valence-corrected chi connectivity index (χ2v) is 12.3. The van der Waals surface area contributed by atoms with Gasteiger partial charge in [0.2, 0.25) is 11.4 Å². The maximum absolute atomic E-state index is 14.1. The topological polar surface area (TPSA) is 156 Å². The Morgan fingerprint density at radius 2 is 1.69 bits per heavy atom. The molecule has 1 aliphatic carbocycles. The minimum absolute atomic E-state index is 0. The molecule has 11 heteroatoms. The van der Waals surface area contributed by atoms with Crippen LogP contribution in [0.4, 0.5) is 0 Å². The molecule has 3 aliphatic rings. The molecule has 6 rings (SSSR count). The van der Waals surface area contributed by atoms with Gasteiger partial charge < -0.3 is 24.9 Å². The van der Waals surface area contributed by atoms with Gasteiger partial charge in [-0.25, -0.2) is 9.97 Å². The van der Waals surface area contributed by atoms with E-state index in [4.69, 9.17) is 19.4 Å². The van der Waals surface area contributed by atoms with Crippen LogP contribution in [0.1, 0.15) is 109 Å². The number of allylic oxidation sites excluding steroid dienone is 2.